The molecule has 2 amide bonds. The highest BCUT2D eigenvalue weighted by molar-refractivity contribution is 7.91. The van der Waals surface area contributed by atoms with Crippen LogP contribution in [-0.2, 0) is 19.4 Å². The van der Waals surface area contributed by atoms with Crippen molar-refractivity contribution in [2.24, 2.45) is 5.92 Å². The number of nitrogens with zero attached hydrogens (tertiary/aromatic N) is 2. The number of carbonyl (C=O) groups is 2. The van der Waals surface area contributed by atoms with Crippen LogP contribution in [-0.4, -0.2) is 68.2 Å². The van der Waals surface area contributed by atoms with Crippen molar-refractivity contribution in [2.45, 2.75) is 6.42 Å². The number of hydrogen-bond donors (Lipinski definition) is 0. The molecule has 2 aliphatic rings. The quantitative estimate of drug-likeness (QED) is 0.580. The smallest absolute Gasteiger partial charge is 0.226 e. The van der Waals surface area contributed by atoms with Crippen LogP contribution >= 0.6 is 0 Å². The highest BCUT2D eigenvalue weighted by atomic mass is 32.2. The summed E-state index contributed by atoms with van der Waals surface area (Å²) in [6, 6.07) is 0. The van der Waals surface area contributed by atoms with Gasteiger partial charge in [0, 0.05) is 26.2 Å². The van der Waals surface area contributed by atoms with Crippen LogP contribution in [0.15, 0.2) is 0 Å². The van der Waals surface area contributed by atoms with Gasteiger partial charge in [0.15, 0.2) is 9.84 Å². The van der Waals surface area contributed by atoms with Crippen LogP contribution in [0.5, 0.6) is 0 Å². The summed E-state index contributed by atoms with van der Waals surface area (Å²) in [4.78, 5) is 25.9. The Labute approximate surface area is 100 Å². The number of carbonyl (C=O) groups excluding carboxylic acids is 2. The lowest BCUT2D eigenvalue weighted by Gasteiger charge is -2.33. The fourth-order valence-electron chi connectivity index (χ4n) is 2.30. The molecule has 0 N–H and O–H groups in total. The molecule has 7 heteroatoms. The average Bonchev–Trinajstić information content (AvgIpc) is 2.69. The molecule has 2 rings (SSSR count). The lowest BCUT2D eigenvalue weighted by molar-refractivity contribution is -0.138. The van der Waals surface area contributed by atoms with Gasteiger partial charge in [-0.25, -0.2) is 8.42 Å². The van der Waals surface area contributed by atoms with Crippen molar-refractivity contribution in [1.82, 2.24) is 9.80 Å². The van der Waals surface area contributed by atoms with Crippen LogP contribution in [0, 0.1) is 5.92 Å². The standard InChI is InChI=1S/C10H16N2O4S/c13-8-11-2-4-12(5-3-11)10(14)9-1-6-17(15,16)7-9/h8-9H,1-7H2. The maximum Gasteiger partial charge on any atom is 0.226 e. The predicted octanol–water partition coefficient (Wildman–Crippen LogP) is -1.28. The van der Waals surface area contributed by atoms with E-state index in [9.17, 15) is 18.0 Å². The molecule has 1 unspecified atom stereocenters. The SMILES string of the molecule is O=CN1CCN(C(=O)C2CCS(=O)(=O)C2)CC1. The third kappa shape index (κ3) is 2.77. The summed E-state index contributed by atoms with van der Waals surface area (Å²) in [5.74, 6) is -0.336. The fraction of sp³-hybridized carbons (Fsp3) is 0.800. The zero-order valence-electron chi connectivity index (χ0n) is 9.54. The summed E-state index contributed by atoms with van der Waals surface area (Å²) in [5.41, 5.74) is 0. The van der Waals surface area contributed by atoms with E-state index in [1.165, 1.54) is 0 Å². The Morgan fingerprint density at radius 1 is 1.18 bits per heavy atom. The third-order valence-corrected chi connectivity index (χ3v) is 5.12. The lowest BCUT2D eigenvalue weighted by Crippen LogP contribution is -2.50. The Bertz CT molecular complexity index is 412. The fourth-order valence-corrected chi connectivity index (χ4v) is 4.03. The Hall–Kier alpha value is -1.11. The molecule has 1 atom stereocenters. The van der Waals surface area contributed by atoms with Crippen molar-refractivity contribution in [3.05, 3.63) is 0 Å². The van der Waals surface area contributed by atoms with E-state index < -0.39 is 9.84 Å². The predicted molar refractivity (Wildman–Crippen MR) is 61.0 cm³/mol. The topological polar surface area (TPSA) is 74.8 Å². The lowest BCUT2D eigenvalue weighted by atomic mass is 10.1. The number of sulfone groups is 1. The van der Waals surface area contributed by atoms with Crippen molar-refractivity contribution >= 4 is 22.2 Å². The summed E-state index contributed by atoms with van der Waals surface area (Å²) in [6.45, 7) is 2.09. The first-order chi connectivity index (χ1) is 8.02. The number of hydrogen-bond acceptors (Lipinski definition) is 4. The largest absolute Gasteiger partial charge is 0.342 e. The van der Waals surface area contributed by atoms with Gasteiger partial charge in [-0.15, -0.1) is 0 Å². The van der Waals surface area contributed by atoms with Crippen LogP contribution in [0.25, 0.3) is 0 Å². The second-order valence-electron chi connectivity index (χ2n) is 4.57. The highest BCUT2D eigenvalue weighted by Crippen LogP contribution is 2.21. The molecule has 0 aliphatic carbocycles. The molecular formula is C10H16N2O4S. The second kappa shape index (κ2) is 4.64. The van der Waals surface area contributed by atoms with Crippen molar-refractivity contribution in [3.63, 3.8) is 0 Å². The third-order valence-electron chi connectivity index (χ3n) is 3.36. The molecule has 0 saturated carbocycles. The van der Waals surface area contributed by atoms with Gasteiger partial charge in [-0.1, -0.05) is 0 Å². The van der Waals surface area contributed by atoms with Gasteiger partial charge in [-0.05, 0) is 6.42 Å². The molecule has 0 aromatic heterocycles. The van der Waals surface area contributed by atoms with E-state index in [2.05, 4.69) is 0 Å². The van der Waals surface area contributed by atoms with Crippen LogP contribution in [0.3, 0.4) is 0 Å². The molecular weight excluding hydrogens is 244 g/mol. The van der Waals surface area contributed by atoms with Gasteiger partial charge in [0.25, 0.3) is 0 Å². The van der Waals surface area contributed by atoms with Gasteiger partial charge in [0.1, 0.15) is 0 Å². The van der Waals surface area contributed by atoms with Gasteiger partial charge in [-0.3, -0.25) is 9.59 Å². The highest BCUT2D eigenvalue weighted by Gasteiger charge is 2.36. The van der Waals surface area contributed by atoms with Gasteiger partial charge in [0.2, 0.25) is 12.3 Å². The minimum absolute atomic E-state index is 0.0142. The summed E-state index contributed by atoms with van der Waals surface area (Å²) >= 11 is 0. The maximum atomic E-state index is 12.0. The Morgan fingerprint density at radius 2 is 1.82 bits per heavy atom. The molecule has 96 valence electrons. The Balaban J connectivity index is 1.91. The van der Waals surface area contributed by atoms with E-state index in [0.717, 1.165) is 6.41 Å². The van der Waals surface area contributed by atoms with Gasteiger partial charge < -0.3 is 9.80 Å². The average molecular weight is 260 g/mol. The van der Waals surface area contributed by atoms with E-state index in [-0.39, 0.29) is 23.3 Å². The molecule has 0 radical (unpaired) electrons. The van der Waals surface area contributed by atoms with Crippen LogP contribution in [0.4, 0.5) is 0 Å². The van der Waals surface area contributed by atoms with Crippen molar-refractivity contribution < 1.29 is 18.0 Å². The Kier molecular flexibility index (Phi) is 3.37. The molecule has 0 spiro atoms. The van der Waals surface area contributed by atoms with E-state index in [4.69, 9.17) is 0 Å². The first-order valence-corrected chi connectivity index (χ1v) is 7.52. The summed E-state index contributed by atoms with van der Waals surface area (Å²) in [7, 11) is -3.01. The molecule has 2 fully saturated rings. The number of amides is 2. The molecule has 0 aromatic carbocycles. The minimum atomic E-state index is -3.01. The number of rotatable bonds is 2. The Morgan fingerprint density at radius 3 is 2.29 bits per heavy atom. The molecule has 0 aromatic rings. The normalized spacial score (nSPS) is 28.1. The van der Waals surface area contributed by atoms with E-state index in [1.54, 1.807) is 9.80 Å². The zero-order chi connectivity index (χ0) is 12.5. The molecule has 0 bridgehead atoms. The first kappa shape index (κ1) is 12.3. The van der Waals surface area contributed by atoms with Crippen molar-refractivity contribution in [1.29, 1.82) is 0 Å². The summed E-state index contributed by atoms with van der Waals surface area (Å²) < 4.78 is 22.6. The first-order valence-electron chi connectivity index (χ1n) is 5.70. The van der Waals surface area contributed by atoms with E-state index in [0.29, 0.717) is 32.6 Å². The van der Waals surface area contributed by atoms with Crippen LogP contribution in [0.1, 0.15) is 6.42 Å². The van der Waals surface area contributed by atoms with Crippen LogP contribution in [0.2, 0.25) is 0 Å². The molecule has 2 heterocycles. The van der Waals surface area contributed by atoms with Crippen LogP contribution < -0.4 is 0 Å². The second-order valence-corrected chi connectivity index (χ2v) is 6.80. The summed E-state index contributed by atoms with van der Waals surface area (Å²) in [5, 5.41) is 0. The number of piperazine rings is 1. The van der Waals surface area contributed by atoms with E-state index >= 15 is 0 Å². The van der Waals surface area contributed by atoms with Crippen molar-refractivity contribution in [3.8, 4) is 0 Å². The van der Waals surface area contributed by atoms with E-state index in [1.807, 2.05) is 0 Å². The summed E-state index contributed by atoms with van der Waals surface area (Å²) in [6.07, 6.45) is 1.22. The van der Waals surface area contributed by atoms with Crippen molar-refractivity contribution in [2.75, 3.05) is 37.7 Å². The molecule has 6 nitrogen and oxygen atoms in total. The zero-order valence-corrected chi connectivity index (χ0v) is 10.4. The van der Waals surface area contributed by atoms with Gasteiger partial charge >= 0.3 is 0 Å². The monoisotopic (exact) mass is 260 g/mol. The molecule has 2 aliphatic heterocycles. The van der Waals surface area contributed by atoms with Gasteiger partial charge in [-0.2, -0.15) is 0 Å². The molecule has 17 heavy (non-hydrogen) atoms. The minimum Gasteiger partial charge on any atom is -0.342 e. The van der Waals surface area contributed by atoms with Gasteiger partial charge in [0.05, 0.1) is 17.4 Å². The molecule has 2 saturated heterocycles. The maximum absolute atomic E-state index is 12.0.